The third-order valence-electron chi connectivity index (χ3n) is 1.41. The van der Waals surface area contributed by atoms with Crippen molar-refractivity contribution in [1.82, 2.24) is 10.3 Å². The number of nitrogens with one attached hydrogen (secondary N) is 1. The minimum absolute atomic E-state index is 0.209. The molecule has 58 valence electrons. The highest BCUT2D eigenvalue weighted by Gasteiger charge is 2.15. The van der Waals surface area contributed by atoms with Crippen molar-refractivity contribution in [3.63, 3.8) is 0 Å². The van der Waals surface area contributed by atoms with Crippen LogP contribution in [0, 0.1) is 5.21 Å². The van der Waals surface area contributed by atoms with Crippen molar-refractivity contribution < 1.29 is 10.2 Å². The maximum Gasteiger partial charge on any atom is 0.230 e. The lowest BCUT2D eigenvalue weighted by Gasteiger charge is -2.21. The fraction of sp³-hybridized carbons (Fsp3) is 1.00. The molecule has 0 aromatic carbocycles. The van der Waals surface area contributed by atoms with E-state index < -0.39 is 0 Å². The Bertz CT molecular complexity index is 131. The van der Waals surface area contributed by atoms with Crippen LogP contribution in [0.3, 0.4) is 0 Å². The van der Waals surface area contributed by atoms with Gasteiger partial charge in [0.05, 0.1) is 18.1 Å². The molecule has 1 heterocycles. The van der Waals surface area contributed by atoms with E-state index in [9.17, 15) is 5.21 Å². The van der Waals surface area contributed by atoms with Crippen molar-refractivity contribution >= 4 is 0 Å². The molecule has 0 saturated carbocycles. The second kappa shape index (κ2) is 3.21. The van der Waals surface area contributed by atoms with Gasteiger partial charge in [0.25, 0.3) is 0 Å². The van der Waals surface area contributed by atoms with Gasteiger partial charge in [-0.15, -0.1) is 5.01 Å². The lowest BCUT2D eigenvalue weighted by atomic mass is 10.4. The Morgan fingerprint density at radius 3 is 2.60 bits per heavy atom. The van der Waals surface area contributed by atoms with E-state index in [1.807, 2.05) is 0 Å². The topological polar surface area (TPSA) is 73.9 Å². The van der Waals surface area contributed by atoms with Crippen molar-refractivity contribution in [2.75, 3.05) is 26.2 Å². The van der Waals surface area contributed by atoms with Crippen molar-refractivity contribution in [1.29, 1.82) is 0 Å². The van der Waals surface area contributed by atoms with Gasteiger partial charge in [0.2, 0.25) is 5.28 Å². The van der Waals surface area contributed by atoms with Crippen LogP contribution < -0.4 is 5.32 Å². The molecule has 0 aromatic heterocycles. The van der Waals surface area contributed by atoms with E-state index in [1.54, 1.807) is 0 Å². The standard InChI is InChI=1S/C4H10N4O2/c9-6-8(10)7-3-1-5-2-4-7/h5,9H,1-4H2/b8-6+. The van der Waals surface area contributed by atoms with Crippen LogP contribution in [-0.2, 0) is 0 Å². The van der Waals surface area contributed by atoms with E-state index in [-0.39, 0.29) is 4.97 Å². The highest BCUT2D eigenvalue weighted by atomic mass is 16.6. The van der Waals surface area contributed by atoms with E-state index in [1.165, 1.54) is 5.01 Å². The summed E-state index contributed by atoms with van der Waals surface area (Å²) < 4.78 is 0. The quantitative estimate of drug-likeness (QED) is 0.287. The summed E-state index contributed by atoms with van der Waals surface area (Å²) in [6.45, 7) is 2.70. The van der Waals surface area contributed by atoms with Crippen molar-refractivity contribution in [3.05, 3.63) is 5.21 Å². The molecule has 0 aliphatic carbocycles. The highest BCUT2D eigenvalue weighted by molar-refractivity contribution is 4.58. The third kappa shape index (κ3) is 1.47. The van der Waals surface area contributed by atoms with Gasteiger partial charge in [0, 0.05) is 13.1 Å². The first-order chi connectivity index (χ1) is 4.84. The van der Waals surface area contributed by atoms with Crippen LogP contribution in [-0.4, -0.2) is 41.4 Å². The van der Waals surface area contributed by atoms with E-state index in [0.717, 1.165) is 13.1 Å². The summed E-state index contributed by atoms with van der Waals surface area (Å²) in [5, 5.41) is 25.6. The predicted octanol–water partition coefficient (Wildman–Crippen LogP) is -0.842. The number of hydrazine groups is 1. The summed E-state index contributed by atoms with van der Waals surface area (Å²) >= 11 is 0. The van der Waals surface area contributed by atoms with Crippen molar-refractivity contribution in [3.8, 4) is 0 Å². The Labute approximate surface area is 58.3 Å². The van der Waals surface area contributed by atoms with Gasteiger partial charge in [0.15, 0.2) is 0 Å². The van der Waals surface area contributed by atoms with Gasteiger partial charge in [-0.25, -0.2) is 0 Å². The molecule has 1 saturated heterocycles. The van der Waals surface area contributed by atoms with E-state index >= 15 is 0 Å². The molecule has 0 unspecified atom stereocenters. The fourth-order valence-electron chi connectivity index (χ4n) is 0.881. The van der Waals surface area contributed by atoms with Crippen LogP contribution in [0.25, 0.3) is 0 Å². The Balaban J connectivity index is 2.39. The molecule has 1 aliphatic heterocycles. The second-order valence-corrected chi connectivity index (χ2v) is 2.05. The summed E-state index contributed by atoms with van der Waals surface area (Å²) in [7, 11) is 0. The maximum absolute atomic E-state index is 10.6. The number of piperazine rings is 1. The van der Waals surface area contributed by atoms with Crippen LogP contribution in [0.15, 0.2) is 5.28 Å². The first kappa shape index (κ1) is 7.07. The van der Waals surface area contributed by atoms with Crippen molar-refractivity contribution in [2.24, 2.45) is 5.28 Å². The minimum atomic E-state index is 0.209. The molecular weight excluding hydrogens is 136 g/mol. The van der Waals surface area contributed by atoms with Crippen LogP contribution >= 0.6 is 0 Å². The van der Waals surface area contributed by atoms with Crippen LogP contribution in [0.1, 0.15) is 0 Å². The second-order valence-electron chi connectivity index (χ2n) is 2.05. The third-order valence-corrected chi connectivity index (χ3v) is 1.41. The monoisotopic (exact) mass is 146 g/mol. The SMILES string of the molecule is [O-]/[N+](=N/O)N1CCNCC1. The molecule has 0 aromatic rings. The molecule has 0 radical (unpaired) electrons. The molecule has 1 fully saturated rings. The summed E-state index contributed by atoms with van der Waals surface area (Å²) in [6, 6.07) is 0. The summed E-state index contributed by atoms with van der Waals surface area (Å²) in [6.07, 6.45) is 0. The first-order valence-electron chi connectivity index (χ1n) is 3.12. The summed E-state index contributed by atoms with van der Waals surface area (Å²) in [4.78, 5) is 0.209. The molecule has 2 N–H and O–H groups in total. The van der Waals surface area contributed by atoms with E-state index in [0.29, 0.717) is 13.1 Å². The molecule has 0 spiro atoms. The van der Waals surface area contributed by atoms with Gasteiger partial charge in [-0.1, -0.05) is 0 Å². The number of nitrogens with zero attached hydrogens (tertiary/aromatic N) is 3. The Morgan fingerprint density at radius 2 is 2.10 bits per heavy atom. The van der Waals surface area contributed by atoms with E-state index in [2.05, 4.69) is 10.6 Å². The fourth-order valence-corrected chi connectivity index (χ4v) is 0.881. The van der Waals surface area contributed by atoms with Gasteiger partial charge < -0.3 is 15.7 Å². The van der Waals surface area contributed by atoms with Gasteiger partial charge in [-0.2, -0.15) is 0 Å². The molecule has 10 heavy (non-hydrogen) atoms. The number of hydrogen-bond donors (Lipinski definition) is 2. The van der Waals surface area contributed by atoms with Gasteiger partial charge >= 0.3 is 0 Å². The van der Waals surface area contributed by atoms with Crippen LogP contribution in [0.2, 0.25) is 0 Å². The van der Waals surface area contributed by atoms with E-state index in [4.69, 9.17) is 5.21 Å². The Hall–Kier alpha value is -1.04. The lowest BCUT2D eigenvalue weighted by molar-refractivity contribution is -0.710. The highest BCUT2D eigenvalue weighted by Crippen LogP contribution is 1.91. The largest absolute Gasteiger partial charge is 0.569 e. The molecule has 1 aliphatic rings. The molecule has 6 heteroatoms. The first-order valence-corrected chi connectivity index (χ1v) is 3.12. The zero-order valence-corrected chi connectivity index (χ0v) is 5.53. The smallest absolute Gasteiger partial charge is 0.230 e. The Morgan fingerprint density at radius 1 is 1.50 bits per heavy atom. The average molecular weight is 146 g/mol. The minimum Gasteiger partial charge on any atom is -0.569 e. The maximum atomic E-state index is 10.6. The summed E-state index contributed by atoms with van der Waals surface area (Å²) in [5.74, 6) is 0. The molecule has 6 nitrogen and oxygen atoms in total. The molecule has 0 atom stereocenters. The van der Waals surface area contributed by atoms with Gasteiger partial charge in [-0.05, 0) is 0 Å². The number of hydrogen-bond acceptors (Lipinski definition) is 3. The van der Waals surface area contributed by atoms with Crippen molar-refractivity contribution in [2.45, 2.75) is 0 Å². The Kier molecular flexibility index (Phi) is 2.27. The summed E-state index contributed by atoms with van der Waals surface area (Å²) in [5.41, 5.74) is 0. The average Bonchev–Trinajstić information content (AvgIpc) is 2.05. The lowest BCUT2D eigenvalue weighted by Crippen LogP contribution is -2.46. The molecular formula is C4H10N4O2. The normalized spacial score (nSPS) is 21.2. The van der Waals surface area contributed by atoms with Crippen LogP contribution in [0.5, 0.6) is 0 Å². The zero-order chi connectivity index (χ0) is 7.40. The molecule has 1 rings (SSSR count). The van der Waals surface area contributed by atoms with Crippen LogP contribution in [0.4, 0.5) is 0 Å². The zero-order valence-electron chi connectivity index (χ0n) is 5.53. The van der Waals surface area contributed by atoms with Gasteiger partial charge in [-0.3, -0.25) is 0 Å². The number of rotatable bonds is 1. The molecule has 0 amide bonds. The predicted molar refractivity (Wildman–Crippen MR) is 32.3 cm³/mol. The van der Waals surface area contributed by atoms with Gasteiger partial charge in [0.1, 0.15) is 0 Å². The molecule has 0 bridgehead atoms.